The quantitative estimate of drug-likeness (QED) is 0.490. The van der Waals surface area contributed by atoms with E-state index >= 15 is 0 Å². The van der Waals surface area contributed by atoms with E-state index < -0.39 is 0 Å². The van der Waals surface area contributed by atoms with Crippen LogP contribution in [0.4, 0.5) is 0 Å². The molecule has 2 N–H and O–H groups in total. The van der Waals surface area contributed by atoms with Crippen LogP contribution in [0.15, 0.2) is 0 Å². The van der Waals surface area contributed by atoms with Crippen LogP contribution in [0.3, 0.4) is 0 Å². The third-order valence-electron chi connectivity index (χ3n) is 6.13. The van der Waals surface area contributed by atoms with Crippen LogP contribution < -0.4 is 0 Å². The third kappa shape index (κ3) is 8.70. The van der Waals surface area contributed by atoms with Gasteiger partial charge in [-0.15, -0.1) is 0 Å². The van der Waals surface area contributed by atoms with Gasteiger partial charge >= 0.3 is 0 Å². The summed E-state index contributed by atoms with van der Waals surface area (Å²) in [5.41, 5.74) is 0.377. The average molecular weight is 624 g/mol. The molecule has 2 saturated carbocycles. The van der Waals surface area contributed by atoms with Gasteiger partial charge in [-0.2, -0.15) is 0 Å². The molecule has 0 amide bonds. The Morgan fingerprint density at radius 1 is 1.00 bits per heavy atom. The fourth-order valence-electron chi connectivity index (χ4n) is 5.06. The minimum Gasteiger partial charge on any atom is -0.393 e. The second-order valence-electron chi connectivity index (χ2n) is 7.51. The van der Waals surface area contributed by atoms with E-state index in [0.29, 0.717) is 11.3 Å². The summed E-state index contributed by atoms with van der Waals surface area (Å²) in [5.74, 6) is 2.06. The van der Waals surface area contributed by atoms with Crippen molar-refractivity contribution in [1.29, 1.82) is 0 Å². The summed E-state index contributed by atoms with van der Waals surface area (Å²) in [7, 11) is 0. The Balaban J connectivity index is -0.000001000. The van der Waals surface area contributed by atoms with E-state index in [9.17, 15) is 10.2 Å². The van der Waals surface area contributed by atoms with Gasteiger partial charge in [0.05, 0.1) is 12.2 Å². The molecule has 23 heavy (non-hydrogen) atoms. The summed E-state index contributed by atoms with van der Waals surface area (Å²) in [4.78, 5) is 0. The number of rotatable bonds is 5. The summed E-state index contributed by atoms with van der Waals surface area (Å²) >= 11 is 0. The number of hydrogen-bond donors (Lipinski definition) is 2. The first-order valence-corrected chi connectivity index (χ1v) is 8.31. The predicted molar refractivity (Wildman–Crippen MR) is 78.9 cm³/mol. The van der Waals surface area contributed by atoms with E-state index in [1.54, 1.807) is 0 Å². The van der Waals surface area contributed by atoms with Crippen molar-refractivity contribution in [2.75, 3.05) is 0 Å². The molecule has 0 aromatic rings. The van der Waals surface area contributed by atoms with Crippen LogP contribution in [0.5, 0.6) is 0 Å². The molecule has 2 fully saturated rings. The maximum absolute atomic E-state index is 10.3. The molecule has 2 unspecified atom stereocenters. The van der Waals surface area contributed by atoms with Crippen molar-refractivity contribution in [1.82, 2.24) is 0 Å². The number of fused-ring (bicyclic) bond motifs is 1. The topological polar surface area (TPSA) is 40.5 Å². The summed E-state index contributed by atoms with van der Waals surface area (Å²) in [5, 5.41) is 19.6. The maximum Gasteiger partial charge on any atom is 0.0573 e. The summed E-state index contributed by atoms with van der Waals surface area (Å²) in [6.45, 7) is 6.71. The summed E-state index contributed by atoms with van der Waals surface area (Å²) in [6, 6.07) is 0. The van der Waals surface area contributed by atoms with Crippen LogP contribution in [-0.2, 0) is 131 Å². The standard InChI is InChI=1S/C17H32O2.4Y/c1-12(6-4-7-13(2)18)14-9-10-15-16(19)8-5-11-17(14,15)3;;;;/h12-16,18-19H,4-11H2,1-3H3;;;;/t12-,13?,14?,15+,16+,17-;;;;/m1..../s1. The fraction of sp³-hybridized carbons (Fsp3) is 1.00. The van der Waals surface area contributed by atoms with Gasteiger partial charge in [0.2, 0.25) is 0 Å². The second kappa shape index (κ2) is 15.2. The van der Waals surface area contributed by atoms with Gasteiger partial charge in [0.25, 0.3) is 0 Å². The van der Waals surface area contributed by atoms with Crippen LogP contribution in [0, 0.1) is 23.2 Å². The SMILES string of the molecule is CC(O)CCC[C@@H](C)C1CC[C@H]2[C@@H](O)CCC[C@]12C.[Y].[Y].[Y].[Y]. The minimum absolute atomic E-state index is 0. The van der Waals surface area contributed by atoms with Crippen LogP contribution in [-0.4, -0.2) is 22.4 Å². The van der Waals surface area contributed by atoms with Gasteiger partial charge in [0, 0.05) is 131 Å². The van der Waals surface area contributed by atoms with Crippen LogP contribution in [0.25, 0.3) is 0 Å². The number of aliphatic hydroxyl groups is 2. The van der Waals surface area contributed by atoms with Crippen molar-refractivity contribution in [2.24, 2.45) is 23.2 Å². The fourth-order valence-corrected chi connectivity index (χ4v) is 5.06. The van der Waals surface area contributed by atoms with Crippen molar-refractivity contribution in [3.8, 4) is 0 Å². The Labute approximate surface area is 244 Å². The molecule has 0 bridgehead atoms. The molecule has 0 aromatic heterocycles. The number of aliphatic hydroxyl groups excluding tert-OH is 2. The largest absolute Gasteiger partial charge is 0.393 e. The monoisotopic (exact) mass is 624 g/mol. The smallest absolute Gasteiger partial charge is 0.0573 e. The van der Waals surface area contributed by atoms with Gasteiger partial charge < -0.3 is 10.2 Å². The molecule has 0 heterocycles. The zero-order chi connectivity index (χ0) is 14.0. The van der Waals surface area contributed by atoms with Crippen molar-refractivity contribution in [2.45, 2.75) is 84.3 Å². The summed E-state index contributed by atoms with van der Waals surface area (Å²) in [6.07, 6.45) is 9.14. The van der Waals surface area contributed by atoms with E-state index in [1.807, 2.05) is 6.92 Å². The molecular formula is C17H32O2Y4. The van der Waals surface area contributed by atoms with Crippen LogP contribution >= 0.6 is 0 Å². The zero-order valence-corrected chi connectivity index (χ0v) is 26.6. The first kappa shape index (κ1) is 32.0. The van der Waals surface area contributed by atoms with Crippen LogP contribution in [0.1, 0.15) is 72.1 Å². The normalized spacial score (nSPS) is 34.6. The van der Waals surface area contributed by atoms with Crippen molar-refractivity contribution >= 4 is 0 Å². The Morgan fingerprint density at radius 3 is 2.17 bits per heavy atom. The van der Waals surface area contributed by atoms with Crippen molar-refractivity contribution in [3.63, 3.8) is 0 Å². The molecular weight excluding hydrogens is 592 g/mol. The van der Waals surface area contributed by atoms with E-state index in [2.05, 4.69) is 13.8 Å². The molecule has 0 spiro atoms. The zero-order valence-electron chi connectivity index (χ0n) is 15.2. The molecule has 0 aromatic carbocycles. The van der Waals surface area contributed by atoms with E-state index in [-0.39, 0.29) is 143 Å². The first-order valence-electron chi connectivity index (χ1n) is 8.31. The van der Waals surface area contributed by atoms with Gasteiger partial charge in [0.15, 0.2) is 0 Å². The van der Waals surface area contributed by atoms with E-state index in [1.165, 1.54) is 32.1 Å². The Bertz CT molecular complexity index is 304. The molecule has 6 heteroatoms. The third-order valence-corrected chi connectivity index (χ3v) is 6.13. The Kier molecular flexibility index (Phi) is 21.2. The van der Waals surface area contributed by atoms with Crippen LogP contribution in [0.2, 0.25) is 0 Å². The molecule has 0 aliphatic heterocycles. The molecule has 124 valence electrons. The van der Waals surface area contributed by atoms with Gasteiger partial charge in [-0.3, -0.25) is 0 Å². The molecule has 2 rings (SSSR count). The van der Waals surface area contributed by atoms with Crippen molar-refractivity contribution in [3.05, 3.63) is 0 Å². The molecule has 6 atom stereocenters. The first-order chi connectivity index (χ1) is 8.95. The Morgan fingerprint density at radius 2 is 1.61 bits per heavy atom. The molecule has 0 saturated heterocycles. The van der Waals surface area contributed by atoms with Gasteiger partial charge in [-0.25, -0.2) is 0 Å². The second-order valence-corrected chi connectivity index (χ2v) is 7.51. The summed E-state index contributed by atoms with van der Waals surface area (Å²) < 4.78 is 0. The number of hydrogen-bond acceptors (Lipinski definition) is 2. The van der Waals surface area contributed by atoms with Gasteiger partial charge in [-0.1, -0.05) is 33.1 Å². The van der Waals surface area contributed by atoms with E-state index in [0.717, 1.165) is 31.1 Å². The van der Waals surface area contributed by atoms with Gasteiger partial charge in [-0.05, 0) is 62.2 Å². The average Bonchev–Trinajstić information content (AvgIpc) is 2.67. The van der Waals surface area contributed by atoms with E-state index in [4.69, 9.17) is 0 Å². The van der Waals surface area contributed by atoms with Crippen molar-refractivity contribution < 1.29 is 141 Å². The molecule has 2 nitrogen and oxygen atoms in total. The van der Waals surface area contributed by atoms with Gasteiger partial charge in [0.1, 0.15) is 0 Å². The predicted octanol–water partition coefficient (Wildman–Crippen LogP) is 3.74. The molecule has 2 aliphatic carbocycles. The minimum atomic E-state index is -0.157. The Hall–Kier alpha value is 4.34. The molecule has 4 radical (unpaired) electrons. The molecule has 2 aliphatic rings. The maximum atomic E-state index is 10.3.